The van der Waals surface area contributed by atoms with Crippen molar-refractivity contribution in [3.63, 3.8) is 0 Å². The number of aromatic nitrogens is 3. The van der Waals surface area contributed by atoms with Gasteiger partial charge in [-0.05, 0) is 49.2 Å². The molecule has 1 saturated carbocycles. The van der Waals surface area contributed by atoms with E-state index >= 15 is 0 Å². The molecule has 1 N–H and O–H groups in total. The van der Waals surface area contributed by atoms with E-state index in [0.717, 1.165) is 0 Å². The van der Waals surface area contributed by atoms with Crippen LogP contribution >= 0.6 is 0 Å². The van der Waals surface area contributed by atoms with Crippen LogP contribution in [-0.2, 0) is 12.4 Å². The Morgan fingerprint density at radius 2 is 1.76 bits per heavy atom. The normalized spacial score (nSPS) is 23.5. The van der Waals surface area contributed by atoms with E-state index in [1.54, 1.807) is 24.3 Å². The Balaban J connectivity index is 1.55. The number of pyridine rings is 1. The lowest BCUT2D eigenvalue weighted by Crippen LogP contribution is -2.43. The third-order valence-electron chi connectivity index (χ3n) is 7.18. The monoisotopic (exact) mass is 536 g/mol. The Bertz CT molecular complexity index is 1560. The van der Waals surface area contributed by atoms with Crippen LogP contribution in [0.5, 0.6) is 0 Å². The van der Waals surface area contributed by atoms with Crippen LogP contribution in [0.1, 0.15) is 36.0 Å². The van der Waals surface area contributed by atoms with Gasteiger partial charge in [0.15, 0.2) is 0 Å². The number of halogens is 6. The summed E-state index contributed by atoms with van der Waals surface area (Å²) in [4.78, 5) is 22.3. The van der Waals surface area contributed by atoms with Crippen molar-refractivity contribution in [1.82, 2.24) is 14.5 Å². The first kappa shape index (κ1) is 24.5. The molecule has 13 heteroatoms. The molecule has 1 aliphatic heterocycles. The highest BCUT2D eigenvalue weighted by molar-refractivity contribution is 5.79. The third kappa shape index (κ3) is 3.92. The number of hydrogen-bond donors (Lipinski definition) is 1. The van der Waals surface area contributed by atoms with Crippen LogP contribution in [-0.4, -0.2) is 31.8 Å². The molecule has 0 amide bonds. The van der Waals surface area contributed by atoms with E-state index in [1.807, 2.05) is 0 Å². The summed E-state index contributed by atoms with van der Waals surface area (Å²) in [5, 5.41) is 11.4. The van der Waals surface area contributed by atoms with Crippen LogP contribution in [0.4, 0.5) is 32.2 Å². The van der Waals surface area contributed by atoms with E-state index in [4.69, 9.17) is 4.42 Å². The summed E-state index contributed by atoms with van der Waals surface area (Å²) in [6.45, 7) is 0. The second-order valence-electron chi connectivity index (χ2n) is 9.42. The quantitative estimate of drug-likeness (QED) is 0.367. The maximum atomic E-state index is 13.6. The first-order valence-corrected chi connectivity index (χ1v) is 11.6. The molecule has 198 valence electrons. The molecule has 1 aromatic carbocycles. The molecule has 3 aromatic heterocycles. The van der Waals surface area contributed by atoms with Gasteiger partial charge in [0.1, 0.15) is 22.9 Å². The largest absolute Gasteiger partial charge is 0.464 e. The highest BCUT2D eigenvalue weighted by atomic mass is 19.4. The topological polar surface area (TPSA) is 84.4 Å². The lowest BCUT2D eigenvalue weighted by molar-refractivity contribution is -0.145. The number of rotatable bonds is 3. The van der Waals surface area contributed by atoms with E-state index < -0.39 is 59.1 Å². The number of hydrogen-bond acceptors (Lipinski definition) is 6. The zero-order chi connectivity index (χ0) is 27.0. The zero-order valence-electron chi connectivity index (χ0n) is 19.2. The summed E-state index contributed by atoms with van der Waals surface area (Å²) >= 11 is 0. The number of fused-ring (bicyclic) bond motifs is 3. The second-order valence-corrected chi connectivity index (χ2v) is 9.42. The number of piperidine rings is 1. The minimum atomic E-state index is -5.13. The predicted octanol–water partition coefficient (Wildman–Crippen LogP) is 5.11. The Hall–Kier alpha value is -3.87. The molecule has 2 bridgehead atoms. The third-order valence-corrected chi connectivity index (χ3v) is 7.18. The number of anilines is 1. The van der Waals surface area contributed by atoms with Gasteiger partial charge in [-0.1, -0.05) is 0 Å². The average molecular weight is 536 g/mol. The summed E-state index contributed by atoms with van der Waals surface area (Å²) in [6, 6.07) is 6.66. The maximum absolute atomic E-state index is 13.6. The van der Waals surface area contributed by atoms with Gasteiger partial charge in [-0.2, -0.15) is 26.3 Å². The maximum Gasteiger partial charge on any atom is 0.433 e. The number of aliphatic hydroxyl groups is 1. The highest BCUT2D eigenvalue weighted by Gasteiger charge is 2.54. The molecule has 0 unspecified atom stereocenters. The van der Waals surface area contributed by atoms with Gasteiger partial charge in [0.2, 0.25) is 0 Å². The van der Waals surface area contributed by atoms with Crippen molar-refractivity contribution in [2.75, 3.05) is 4.90 Å². The van der Waals surface area contributed by atoms with Gasteiger partial charge in [-0.3, -0.25) is 9.36 Å². The van der Waals surface area contributed by atoms with E-state index in [0.29, 0.717) is 22.7 Å². The molecule has 0 radical (unpaired) electrons. The highest BCUT2D eigenvalue weighted by Crippen LogP contribution is 2.52. The van der Waals surface area contributed by atoms with Crippen LogP contribution in [0.25, 0.3) is 16.7 Å². The van der Waals surface area contributed by atoms with Gasteiger partial charge >= 0.3 is 12.4 Å². The van der Waals surface area contributed by atoms with Gasteiger partial charge < -0.3 is 14.4 Å². The molecule has 4 aromatic rings. The minimum Gasteiger partial charge on any atom is -0.464 e. The summed E-state index contributed by atoms with van der Waals surface area (Å²) in [5.41, 5.74) is -2.77. The molecule has 2 aliphatic rings. The van der Waals surface area contributed by atoms with Crippen molar-refractivity contribution < 1.29 is 35.9 Å². The minimum absolute atomic E-state index is 0.0293. The van der Waals surface area contributed by atoms with Crippen LogP contribution in [0.2, 0.25) is 0 Å². The lowest BCUT2D eigenvalue weighted by atomic mass is 9.94. The number of nitrogens with zero attached hydrogens (tertiary/aromatic N) is 4. The molecular weight excluding hydrogens is 518 g/mol. The first-order valence-electron chi connectivity index (χ1n) is 11.6. The summed E-state index contributed by atoms with van der Waals surface area (Å²) in [6.07, 6.45) is -7.99. The van der Waals surface area contributed by atoms with Crippen LogP contribution < -0.4 is 10.5 Å². The Morgan fingerprint density at radius 1 is 0.974 bits per heavy atom. The Labute approximate surface area is 210 Å². The van der Waals surface area contributed by atoms with Crippen LogP contribution in [0.15, 0.2) is 64.1 Å². The van der Waals surface area contributed by atoms with Crippen molar-refractivity contribution in [3.8, 4) is 5.69 Å². The van der Waals surface area contributed by atoms with Gasteiger partial charge in [-0.25, -0.2) is 9.97 Å². The summed E-state index contributed by atoms with van der Waals surface area (Å²) < 4.78 is 88.2. The fraction of sp³-hybridized carbons (Fsp3) is 0.320. The molecule has 6 rings (SSSR count). The van der Waals surface area contributed by atoms with E-state index in [2.05, 4.69) is 9.97 Å². The van der Waals surface area contributed by atoms with E-state index in [-0.39, 0.29) is 24.7 Å². The van der Waals surface area contributed by atoms with Gasteiger partial charge in [0.25, 0.3) is 5.56 Å². The van der Waals surface area contributed by atoms with Gasteiger partial charge in [-0.15, -0.1) is 0 Å². The lowest BCUT2D eigenvalue weighted by Gasteiger charge is -2.39. The predicted molar refractivity (Wildman–Crippen MR) is 122 cm³/mol. The van der Waals surface area contributed by atoms with Gasteiger partial charge in [0, 0.05) is 29.6 Å². The number of aliphatic hydroxyl groups excluding tert-OH is 1. The first-order chi connectivity index (χ1) is 17.9. The van der Waals surface area contributed by atoms with Crippen LogP contribution in [0.3, 0.4) is 0 Å². The molecule has 0 spiro atoms. The Kier molecular flexibility index (Phi) is 5.35. The van der Waals surface area contributed by atoms with Crippen molar-refractivity contribution >= 4 is 16.8 Å². The smallest absolute Gasteiger partial charge is 0.433 e. The molecule has 4 atom stereocenters. The fourth-order valence-electron chi connectivity index (χ4n) is 5.61. The van der Waals surface area contributed by atoms with Crippen molar-refractivity contribution in [2.24, 2.45) is 5.92 Å². The number of alkyl halides is 6. The van der Waals surface area contributed by atoms with E-state index in [9.17, 15) is 36.2 Å². The summed E-state index contributed by atoms with van der Waals surface area (Å²) in [5.74, 6) is -1.09. The molecule has 7 nitrogen and oxygen atoms in total. The summed E-state index contributed by atoms with van der Waals surface area (Å²) in [7, 11) is 0. The van der Waals surface area contributed by atoms with Crippen molar-refractivity contribution in [1.29, 1.82) is 0 Å². The standard InChI is InChI=1S/C25H18F6N4O3/c26-24(27,28)13-8-19(25(29,30)31)33-20(9-13)34-15-10-16(17(36)11-15)22(34)23-32-5-3-21(37)35(23)14-1-2-18-12(7-14)4-6-38-18/h1-9,15-17,22,36H,10-11H2/t15-,16+,17+,22-/m0/s1. The molecule has 1 saturated heterocycles. The van der Waals surface area contributed by atoms with Gasteiger partial charge in [0.05, 0.1) is 29.7 Å². The fourth-order valence-corrected chi connectivity index (χ4v) is 5.61. The number of benzene rings is 1. The molecule has 4 heterocycles. The molecular formula is C25H18F6N4O3. The molecule has 1 aliphatic carbocycles. The van der Waals surface area contributed by atoms with Crippen LogP contribution in [0, 0.1) is 5.92 Å². The molecule has 38 heavy (non-hydrogen) atoms. The SMILES string of the molecule is O=c1ccnc([C@@H]2[C@@H]3C[C@@H](C[C@H]3O)N2c2cc(C(F)(F)F)cc(C(F)(F)F)n2)n1-c1ccc2occc2c1. The van der Waals surface area contributed by atoms with Crippen molar-refractivity contribution in [3.05, 3.63) is 82.4 Å². The van der Waals surface area contributed by atoms with Crippen molar-refractivity contribution in [2.45, 2.75) is 43.4 Å². The number of furan rings is 1. The Morgan fingerprint density at radius 3 is 2.50 bits per heavy atom. The molecule has 2 fully saturated rings. The average Bonchev–Trinajstić information content (AvgIpc) is 3.56. The second kappa shape index (κ2) is 8.32. The van der Waals surface area contributed by atoms with E-state index in [1.165, 1.54) is 28.0 Å². The zero-order valence-corrected chi connectivity index (χ0v) is 19.2.